The second-order valence-electron chi connectivity index (χ2n) is 5.98. The fourth-order valence-corrected chi connectivity index (χ4v) is 3.94. The standard InChI is InChI=1S/C17H26N2O5S/c1-5-19(6-2)25(23,24)14-8-7-13(4)15(10-14)17(22)18-11-12(3)9-16(20)21/h7-8,10,12H,5-6,9,11H2,1-4H3,(H,18,22)(H,20,21). The van der Waals surface area contributed by atoms with E-state index in [0.717, 1.165) is 0 Å². The van der Waals surface area contributed by atoms with Crippen LogP contribution in [0, 0.1) is 12.8 Å². The molecule has 0 spiro atoms. The van der Waals surface area contributed by atoms with Gasteiger partial charge in [-0.1, -0.05) is 26.8 Å². The highest BCUT2D eigenvalue weighted by atomic mass is 32.2. The van der Waals surface area contributed by atoms with Gasteiger partial charge in [-0.2, -0.15) is 4.31 Å². The first-order valence-electron chi connectivity index (χ1n) is 8.24. The Hall–Kier alpha value is -1.93. The van der Waals surface area contributed by atoms with Gasteiger partial charge in [0.2, 0.25) is 10.0 Å². The van der Waals surface area contributed by atoms with Gasteiger partial charge in [-0.25, -0.2) is 8.42 Å². The second-order valence-corrected chi connectivity index (χ2v) is 7.92. The maximum absolute atomic E-state index is 12.6. The number of carboxylic acids is 1. The van der Waals surface area contributed by atoms with Gasteiger partial charge in [-0.15, -0.1) is 0 Å². The molecule has 0 aliphatic carbocycles. The van der Waals surface area contributed by atoms with Gasteiger partial charge in [0.05, 0.1) is 4.90 Å². The van der Waals surface area contributed by atoms with E-state index in [1.807, 2.05) is 0 Å². The highest BCUT2D eigenvalue weighted by molar-refractivity contribution is 7.89. The van der Waals surface area contributed by atoms with Gasteiger partial charge in [0.15, 0.2) is 0 Å². The third kappa shape index (κ3) is 5.54. The Balaban J connectivity index is 3.02. The number of hydrogen-bond acceptors (Lipinski definition) is 4. The molecule has 0 fully saturated rings. The highest BCUT2D eigenvalue weighted by Crippen LogP contribution is 2.19. The molecule has 1 atom stereocenters. The topological polar surface area (TPSA) is 104 Å². The van der Waals surface area contributed by atoms with E-state index in [0.29, 0.717) is 18.7 Å². The molecule has 1 aromatic rings. The SMILES string of the molecule is CCN(CC)S(=O)(=O)c1ccc(C)c(C(=O)NCC(C)CC(=O)O)c1. The number of carbonyl (C=O) groups is 2. The zero-order valence-electron chi connectivity index (χ0n) is 15.1. The van der Waals surface area contributed by atoms with Crippen LogP contribution in [0.5, 0.6) is 0 Å². The van der Waals surface area contributed by atoms with Crippen LogP contribution in [0.3, 0.4) is 0 Å². The van der Waals surface area contributed by atoms with Gasteiger partial charge < -0.3 is 10.4 Å². The average Bonchev–Trinajstić information content (AvgIpc) is 2.53. The number of carboxylic acid groups (broad SMARTS) is 1. The van der Waals surface area contributed by atoms with Crippen LogP contribution in [0.2, 0.25) is 0 Å². The van der Waals surface area contributed by atoms with Crippen LogP contribution in [-0.4, -0.2) is 49.3 Å². The van der Waals surface area contributed by atoms with Gasteiger partial charge in [-0.05, 0) is 30.5 Å². The molecule has 1 amide bonds. The summed E-state index contributed by atoms with van der Waals surface area (Å²) in [6.07, 6.45) is -0.0460. The molecule has 0 bridgehead atoms. The molecule has 1 rings (SSSR count). The maximum atomic E-state index is 12.6. The normalized spacial score (nSPS) is 12.8. The van der Waals surface area contributed by atoms with E-state index in [1.165, 1.54) is 16.4 Å². The Morgan fingerprint density at radius 1 is 1.24 bits per heavy atom. The minimum Gasteiger partial charge on any atom is -0.481 e. The Bertz CT molecular complexity index is 727. The largest absolute Gasteiger partial charge is 0.481 e. The summed E-state index contributed by atoms with van der Waals surface area (Å²) in [5.74, 6) is -1.55. The first-order chi connectivity index (χ1) is 11.6. The van der Waals surface area contributed by atoms with Crippen molar-refractivity contribution >= 4 is 21.9 Å². The van der Waals surface area contributed by atoms with Crippen molar-refractivity contribution in [2.45, 2.75) is 39.0 Å². The fraction of sp³-hybridized carbons (Fsp3) is 0.529. The fourth-order valence-electron chi connectivity index (χ4n) is 2.45. The van der Waals surface area contributed by atoms with Crippen LogP contribution in [-0.2, 0) is 14.8 Å². The lowest BCUT2D eigenvalue weighted by Gasteiger charge is -2.19. The summed E-state index contributed by atoms with van der Waals surface area (Å²) in [6.45, 7) is 7.87. The van der Waals surface area contributed by atoms with Gasteiger partial charge >= 0.3 is 5.97 Å². The van der Waals surface area contributed by atoms with E-state index < -0.39 is 21.9 Å². The summed E-state index contributed by atoms with van der Waals surface area (Å²) in [6, 6.07) is 4.47. The molecule has 0 heterocycles. The van der Waals surface area contributed by atoms with Crippen LogP contribution in [0.25, 0.3) is 0 Å². The number of rotatable bonds is 9. The summed E-state index contributed by atoms with van der Waals surface area (Å²) < 4.78 is 26.5. The van der Waals surface area contributed by atoms with Crippen molar-refractivity contribution in [2.24, 2.45) is 5.92 Å². The molecular formula is C17H26N2O5S. The van der Waals surface area contributed by atoms with Crippen molar-refractivity contribution in [3.8, 4) is 0 Å². The third-order valence-electron chi connectivity index (χ3n) is 3.93. The van der Waals surface area contributed by atoms with Crippen LogP contribution in [0.15, 0.2) is 23.1 Å². The molecule has 7 nitrogen and oxygen atoms in total. The zero-order valence-corrected chi connectivity index (χ0v) is 15.9. The van der Waals surface area contributed by atoms with Gasteiger partial charge in [0, 0.05) is 31.6 Å². The van der Waals surface area contributed by atoms with Crippen molar-refractivity contribution in [3.63, 3.8) is 0 Å². The van der Waals surface area contributed by atoms with Crippen molar-refractivity contribution in [1.82, 2.24) is 9.62 Å². The monoisotopic (exact) mass is 370 g/mol. The predicted octanol–water partition coefficient (Wildman–Crippen LogP) is 1.87. The molecule has 1 aromatic carbocycles. The lowest BCUT2D eigenvalue weighted by molar-refractivity contribution is -0.137. The van der Waals surface area contributed by atoms with E-state index in [2.05, 4.69) is 5.32 Å². The molecule has 0 radical (unpaired) electrons. The summed E-state index contributed by atoms with van der Waals surface area (Å²) in [5, 5.41) is 11.4. The number of carbonyl (C=O) groups excluding carboxylic acids is 1. The number of benzene rings is 1. The first-order valence-corrected chi connectivity index (χ1v) is 9.68. The third-order valence-corrected chi connectivity index (χ3v) is 5.98. The number of amides is 1. The number of sulfonamides is 1. The molecular weight excluding hydrogens is 344 g/mol. The Morgan fingerprint density at radius 3 is 2.36 bits per heavy atom. The Labute approximate surface area is 149 Å². The van der Waals surface area contributed by atoms with E-state index in [4.69, 9.17) is 5.11 Å². The quantitative estimate of drug-likeness (QED) is 0.690. The average molecular weight is 370 g/mol. The molecule has 8 heteroatoms. The van der Waals surface area contributed by atoms with Crippen LogP contribution >= 0.6 is 0 Å². The predicted molar refractivity (Wildman–Crippen MR) is 95.0 cm³/mol. The van der Waals surface area contributed by atoms with Crippen LogP contribution < -0.4 is 5.32 Å². The summed E-state index contributed by atoms with van der Waals surface area (Å²) in [5.41, 5.74) is 0.928. The summed E-state index contributed by atoms with van der Waals surface area (Å²) in [4.78, 5) is 23.1. The maximum Gasteiger partial charge on any atom is 0.303 e. The summed E-state index contributed by atoms with van der Waals surface area (Å²) in [7, 11) is -3.65. The molecule has 1 unspecified atom stereocenters. The minimum absolute atomic E-state index is 0.0460. The highest BCUT2D eigenvalue weighted by Gasteiger charge is 2.23. The Morgan fingerprint density at radius 2 is 1.84 bits per heavy atom. The van der Waals surface area contributed by atoms with Gasteiger partial charge in [0.1, 0.15) is 0 Å². The van der Waals surface area contributed by atoms with Crippen molar-refractivity contribution in [3.05, 3.63) is 29.3 Å². The van der Waals surface area contributed by atoms with Crippen molar-refractivity contribution in [2.75, 3.05) is 19.6 Å². The number of aryl methyl sites for hydroxylation is 1. The second kappa shape index (κ2) is 8.96. The van der Waals surface area contributed by atoms with Crippen molar-refractivity contribution in [1.29, 1.82) is 0 Å². The first kappa shape index (κ1) is 21.1. The molecule has 0 aromatic heterocycles. The zero-order chi connectivity index (χ0) is 19.2. The van der Waals surface area contributed by atoms with Crippen LogP contribution in [0.4, 0.5) is 0 Å². The van der Waals surface area contributed by atoms with E-state index in [1.54, 1.807) is 33.8 Å². The van der Waals surface area contributed by atoms with E-state index in [-0.39, 0.29) is 29.3 Å². The number of hydrogen-bond donors (Lipinski definition) is 2. The molecule has 2 N–H and O–H groups in total. The Kier molecular flexibility index (Phi) is 7.57. The van der Waals surface area contributed by atoms with Crippen LogP contribution in [0.1, 0.15) is 43.1 Å². The smallest absolute Gasteiger partial charge is 0.303 e. The lowest BCUT2D eigenvalue weighted by Crippen LogP contribution is -2.32. The molecule has 0 aliphatic rings. The molecule has 0 saturated heterocycles. The van der Waals surface area contributed by atoms with Crippen molar-refractivity contribution < 1.29 is 23.1 Å². The van der Waals surface area contributed by atoms with E-state index >= 15 is 0 Å². The molecule has 25 heavy (non-hydrogen) atoms. The molecule has 0 saturated carbocycles. The number of nitrogens with one attached hydrogen (secondary N) is 1. The lowest BCUT2D eigenvalue weighted by atomic mass is 10.1. The van der Waals surface area contributed by atoms with Gasteiger partial charge in [0.25, 0.3) is 5.91 Å². The molecule has 140 valence electrons. The summed E-state index contributed by atoms with van der Waals surface area (Å²) >= 11 is 0. The van der Waals surface area contributed by atoms with Gasteiger partial charge in [-0.3, -0.25) is 9.59 Å². The minimum atomic E-state index is -3.65. The molecule has 0 aliphatic heterocycles. The van der Waals surface area contributed by atoms with E-state index in [9.17, 15) is 18.0 Å². The number of aliphatic carboxylic acids is 1. The number of nitrogens with zero attached hydrogens (tertiary/aromatic N) is 1.